The molecule has 0 rings (SSSR count). The van der Waals surface area contributed by atoms with Crippen LogP contribution in [-0.2, 0) is 14.3 Å². The molecule has 15 heavy (non-hydrogen) atoms. The monoisotopic (exact) mass is 213 g/mol. The SMILES string of the molecule is CCOC(=O)C(=[N+]=[N-])C(=O)N(CC)CC. The van der Waals surface area contributed by atoms with Crippen LogP contribution in [0.25, 0.3) is 5.53 Å². The lowest BCUT2D eigenvalue weighted by atomic mass is 10.3. The average molecular weight is 213 g/mol. The van der Waals surface area contributed by atoms with Gasteiger partial charge in [0.1, 0.15) is 0 Å². The van der Waals surface area contributed by atoms with Crippen molar-refractivity contribution >= 4 is 17.6 Å². The van der Waals surface area contributed by atoms with Crippen LogP contribution in [0, 0.1) is 0 Å². The zero-order valence-corrected chi connectivity index (χ0v) is 9.19. The summed E-state index contributed by atoms with van der Waals surface area (Å²) in [5.74, 6) is -1.53. The minimum absolute atomic E-state index is 0.128. The standard InChI is InChI=1S/C9H15N3O3/c1-4-12(5-2)8(13)7(11-10)9(14)15-6-3/h4-6H2,1-3H3. The second kappa shape index (κ2) is 6.73. The van der Waals surface area contributed by atoms with Gasteiger partial charge in [0.2, 0.25) is 0 Å². The molecule has 0 saturated carbocycles. The van der Waals surface area contributed by atoms with Gasteiger partial charge in [-0.1, -0.05) is 0 Å². The summed E-state index contributed by atoms with van der Waals surface area (Å²) in [6, 6.07) is 0. The van der Waals surface area contributed by atoms with Crippen LogP contribution in [0.2, 0.25) is 0 Å². The number of hydrogen-bond acceptors (Lipinski definition) is 3. The molecule has 84 valence electrons. The third kappa shape index (κ3) is 3.52. The second-order valence-electron chi connectivity index (χ2n) is 2.65. The van der Waals surface area contributed by atoms with Crippen molar-refractivity contribution in [3.05, 3.63) is 5.53 Å². The van der Waals surface area contributed by atoms with Gasteiger partial charge < -0.3 is 15.2 Å². The van der Waals surface area contributed by atoms with Crippen LogP contribution in [0.15, 0.2) is 0 Å². The molecule has 0 heterocycles. The normalized spacial score (nSPS) is 9.00. The second-order valence-corrected chi connectivity index (χ2v) is 2.65. The highest BCUT2D eigenvalue weighted by Gasteiger charge is 2.34. The maximum atomic E-state index is 11.6. The lowest BCUT2D eigenvalue weighted by molar-refractivity contribution is -0.144. The number of ether oxygens (including phenoxy) is 1. The highest BCUT2D eigenvalue weighted by atomic mass is 16.5. The number of carbonyl (C=O) groups is 2. The van der Waals surface area contributed by atoms with Crippen LogP contribution in [0.4, 0.5) is 0 Å². The Balaban J connectivity index is 4.77. The van der Waals surface area contributed by atoms with Crippen molar-refractivity contribution in [1.82, 2.24) is 4.90 Å². The fourth-order valence-electron chi connectivity index (χ4n) is 1.03. The number of amides is 1. The maximum Gasteiger partial charge on any atom is 0.463 e. The molecule has 0 fully saturated rings. The predicted molar refractivity (Wildman–Crippen MR) is 53.2 cm³/mol. The molecular weight excluding hydrogens is 198 g/mol. The van der Waals surface area contributed by atoms with Gasteiger partial charge in [-0.05, 0) is 20.8 Å². The molecule has 0 aromatic heterocycles. The molecule has 0 unspecified atom stereocenters. The Morgan fingerprint density at radius 1 is 1.27 bits per heavy atom. The Morgan fingerprint density at radius 3 is 2.13 bits per heavy atom. The molecule has 0 bridgehead atoms. The Bertz CT molecular complexity index is 291. The minimum Gasteiger partial charge on any atom is -0.457 e. The molecule has 0 aliphatic rings. The number of esters is 1. The van der Waals surface area contributed by atoms with E-state index in [1.54, 1.807) is 20.8 Å². The van der Waals surface area contributed by atoms with Gasteiger partial charge in [-0.2, -0.15) is 4.79 Å². The van der Waals surface area contributed by atoms with Crippen molar-refractivity contribution in [1.29, 1.82) is 0 Å². The van der Waals surface area contributed by atoms with Crippen LogP contribution in [0.5, 0.6) is 0 Å². The summed E-state index contributed by atoms with van der Waals surface area (Å²) in [7, 11) is 0. The van der Waals surface area contributed by atoms with E-state index in [1.807, 2.05) is 0 Å². The Labute approximate surface area is 88.4 Å². The van der Waals surface area contributed by atoms with E-state index in [4.69, 9.17) is 5.53 Å². The number of nitrogens with zero attached hydrogens (tertiary/aromatic N) is 3. The Hall–Kier alpha value is -1.68. The minimum atomic E-state index is -0.906. The maximum absolute atomic E-state index is 11.6. The zero-order chi connectivity index (χ0) is 11.8. The van der Waals surface area contributed by atoms with Gasteiger partial charge >= 0.3 is 17.6 Å². The van der Waals surface area contributed by atoms with E-state index in [0.29, 0.717) is 13.1 Å². The average Bonchev–Trinajstić information content (AvgIpc) is 2.21. The molecule has 6 heteroatoms. The van der Waals surface area contributed by atoms with Crippen molar-refractivity contribution in [2.45, 2.75) is 20.8 Å². The van der Waals surface area contributed by atoms with Crippen LogP contribution in [0.3, 0.4) is 0 Å². The molecular formula is C9H15N3O3. The summed E-state index contributed by atoms with van der Waals surface area (Å²) in [4.78, 5) is 26.8. The molecule has 0 N–H and O–H groups in total. The van der Waals surface area contributed by atoms with Gasteiger partial charge in [0.05, 0.1) is 6.61 Å². The lowest BCUT2D eigenvalue weighted by Crippen LogP contribution is -2.41. The summed E-state index contributed by atoms with van der Waals surface area (Å²) < 4.78 is 4.58. The lowest BCUT2D eigenvalue weighted by Gasteiger charge is -2.14. The Morgan fingerprint density at radius 2 is 1.80 bits per heavy atom. The van der Waals surface area contributed by atoms with Crippen LogP contribution < -0.4 is 0 Å². The zero-order valence-electron chi connectivity index (χ0n) is 9.19. The fraction of sp³-hybridized carbons (Fsp3) is 0.667. The Kier molecular flexibility index (Phi) is 5.97. The molecule has 0 atom stereocenters. The first-order valence-corrected chi connectivity index (χ1v) is 4.80. The molecule has 1 amide bonds. The highest BCUT2D eigenvalue weighted by molar-refractivity contribution is 6.61. The van der Waals surface area contributed by atoms with Gasteiger partial charge in [-0.3, -0.25) is 4.79 Å². The summed E-state index contributed by atoms with van der Waals surface area (Å²) in [6.07, 6.45) is 0. The molecule has 0 aliphatic carbocycles. The molecule has 0 spiro atoms. The van der Waals surface area contributed by atoms with Gasteiger partial charge in [0.25, 0.3) is 0 Å². The van der Waals surface area contributed by atoms with Gasteiger partial charge in [0, 0.05) is 13.1 Å². The highest BCUT2D eigenvalue weighted by Crippen LogP contribution is 1.93. The summed E-state index contributed by atoms with van der Waals surface area (Å²) in [6.45, 7) is 6.14. The summed E-state index contributed by atoms with van der Waals surface area (Å²) >= 11 is 0. The predicted octanol–water partition coefficient (Wildman–Crippen LogP) is 0.0887. The molecule has 6 nitrogen and oxygen atoms in total. The number of rotatable bonds is 5. The number of hydrogen-bond donors (Lipinski definition) is 0. The van der Waals surface area contributed by atoms with Crippen molar-refractivity contribution in [3.63, 3.8) is 0 Å². The van der Waals surface area contributed by atoms with Crippen LogP contribution in [0.1, 0.15) is 20.8 Å². The van der Waals surface area contributed by atoms with E-state index in [0.717, 1.165) is 0 Å². The molecule has 0 aromatic rings. The van der Waals surface area contributed by atoms with Gasteiger partial charge in [-0.25, -0.2) is 4.79 Å². The van der Waals surface area contributed by atoms with Gasteiger partial charge in [-0.15, -0.1) is 0 Å². The van der Waals surface area contributed by atoms with E-state index in [2.05, 4.69) is 9.53 Å². The smallest absolute Gasteiger partial charge is 0.457 e. The quantitative estimate of drug-likeness (QED) is 0.213. The number of carbonyl (C=O) groups excluding carboxylic acids is 2. The van der Waals surface area contributed by atoms with Gasteiger partial charge in [0.15, 0.2) is 0 Å². The largest absolute Gasteiger partial charge is 0.463 e. The van der Waals surface area contributed by atoms with Crippen molar-refractivity contribution in [2.75, 3.05) is 19.7 Å². The van der Waals surface area contributed by atoms with E-state index < -0.39 is 17.6 Å². The molecule has 0 radical (unpaired) electrons. The fourth-order valence-corrected chi connectivity index (χ4v) is 1.03. The third-order valence-corrected chi connectivity index (χ3v) is 1.82. The van der Waals surface area contributed by atoms with Crippen molar-refractivity contribution < 1.29 is 19.1 Å². The first-order valence-electron chi connectivity index (χ1n) is 4.80. The topological polar surface area (TPSA) is 83.0 Å². The van der Waals surface area contributed by atoms with E-state index in [9.17, 15) is 9.59 Å². The molecule has 0 aromatic carbocycles. The van der Waals surface area contributed by atoms with Crippen LogP contribution in [-0.4, -0.2) is 47.0 Å². The first-order chi connectivity index (χ1) is 7.12. The molecule has 0 aliphatic heterocycles. The van der Waals surface area contributed by atoms with Crippen molar-refractivity contribution in [2.24, 2.45) is 0 Å². The summed E-state index contributed by atoms with van der Waals surface area (Å²) in [5, 5.41) is 0. The van der Waals surface area contributed by atoms with Crippen LogP contribution >= 0.6 is 0 Å². The summed E-state index contributed by atoms with van der Waals surface area (Å²) in [5.41, 5.74) is 7.99. The van der Waals surface area contributed by atoms with E-state index in [-0.39, 0.29) is 6.61 Å². The van der Waals surface area contributed by atoms with Crippen molar-refractivity contribution in [3.8, 4) is 0 Å². The molecule has 0 saturated heterocycles. The van der Waals surface area contributed by atoms with E-state index in [1.165, 1.54) is 4.90 Å². The first kappa shape index (κ1) is 13.3. The third-order valence-electron chi connectivity index (χ3n) is 1.82. The van der Waals surface area contributed by atoms with E-state index >= 15 is 0 Å².